The first-order chi connectivity index (χ1) is 15.6. The molecule has 32 heavy (non-hydrogen) atoms. The Morgan fingerprint density at radius 1 is 1.12 bits per heavy atom. The van der Waals surface area contributed by atoms with Gasteiger partial charge in [0.2, 0.25) is 6.17 Å². The molecule has 1 unspecified atom stereocenters. The fourth-order valence-electron chi connectivity index (χ4n) is 4.44. The maximum Gasteiger partial charge on any atom is 0.272 e. The third-order valence-corrected chi connectivity index (χ3v) is 6.28. The van der Waals surface area contributed by atoms with Gasteiger partial charge in [-0.25, -0.2) is 0 Å². The van der Waals surface area contributed by atoms with Crippen LogP contribution in [0.4, 0.5) is 11.4 Å². The van der Waals surface area contributed by atoms with E-state index in [-0.39, 0.29) is 5.91 Å². The summed E-state index contributed by atoms with van der Waals surface area (Å²) >= 11 is 5.52. The number of fused-ring (bicyclic) bond motifs is 1. The van der Waals surface area contributed by atoms with Crippen LogP contribution in [0.2, 0.25) is 0 Å². The lowest BCUT2D eigenvalue weighted by Gasteiger charge is -2.25. The van der Waals surface area contributed by atoms with Crippen molar-refractivity contribution < 1.29 is 9.53 Å². The highest BCUT2D eigenvalue weighted by Gasteiger charge is 2.32. The van der Waals surface area contributed by atoms with E-state index in [0.29, 0.717) is 17.6 Å². The zero-order valence-electron chi connectivity index (χ0n) is 18.6. The van der Waals surface area contributed by atoms with Gasteiger partial charge in [0.15, 0.2) is 5.11 Å². The molecule has 2 aromatic rings. The van der Waals surface area contributed by atoms with Gasteiger partial charge in [0.05, 0.1) is 18.0 Å². The lowest BCUT2D eigenvalue weighted by Crippen LogP contribution is -2.47. The first kappa shape index (κ1) is 22.3. The van der Waals surface area contributed by atoms with Crippen molar-refractivity contribution in [3.8, 4) is 5.75 Å². The molecule has 1 saturated carbocycles. The maximum absolute atomic E-state index is 13.3. The third-order valence-electron chi connectivity index (χ3n) is 6.06. The summed E-state index contributed by atoms with van der Waals surface area (Å²) < 4.78 is 5.48. The predicted octanol–water partition coefficient (Wildman–Crippen LogP) is 4.74. The smallest absolute Gasteiger partial charge is 0.272 e. The summed E-state index contributed by atoms with van der Waals surface area (Å²) in [5.74, 6) is 1.04. The van der Waals surface area contributed by atoms with E-state index in [1.54, 1.807) is 11.9 Å². The molecule has 1 heterocycles. The predicted molar refractivity (Wildman–Crippen MR) is 134 cm³/mol. The molecule has 0 bridgehead atoms. The van der Waals surface area contributed by atoms with Crippen molar-refractivity contribution in [2.75, 3.05) is 23.9 Å². The average Bonchev–Trinajstić information content (AvgIpc) is 2.92. The van der Waals surface area contributed by atoms with E-state index in [9.17, 15) is 4.79 Å². The molecule has 1 aliphatic carbocycles. The second-order valence-corrected chi connectivity index (χ2v) is 8.63. The number of thiocarbonyl (C=S) groups is 1. The molecule has 2 N–H and O–H groups in total. The quantitative estimate of drug-likeness (QED) is 0.644. The van der Waals surface area contributed by atoms with E-state index in [2.05, 4.69) is 16.7 Å². The first-order valence-corrected chi connectivity index (χ1v) is 11.7. The van der Waals surface area contributed by atoms with Crippen molar-refractivity contribution in [3.63, 3.8) is 0 Å². The van der Waals surface area contributed by atoms with Crippen molar-refractivity contribution in [1.82, 2.24) is 5.32 Å². The van der Waals surface area contributed by atoms with E-state index in [1.165, 1.54) is 19.3 Å². The average molecular weight is 451 g/mol. The largest absolute Gasteiger partial charge is 0.494 e. The van der Waals surface area contributed by atoms with E-state index in [0.717, 1.165) is 41.2 Å². The summed E-state index contributed by atoms with van der Waals surface area (Å²) in [5, 5.41) is 6.66. The normalized spacial score (nSPS) is 18.9. The van der Waals surface area contributed by atoms with Crippen LogP contribution in [0.3, 0.4) is 0 Å². The fraction of sp³-hybridized carbons (Fsp3) is 0.400. The van der Waals surface area contributed by atoms with Gasteiger partial charge >= 0.3 is 0 Å². The topological polar surface area (TPSA) is 66.0 Å². The molecule has 2 aliphatic rings. The molecule has 4 rings (SSSR count). The molecular formula is C25H30N4O2S. The monoisotopic (exact) mass is 450 g/mol. The number of rotatable bonds is 5. The maximum atomic E-state index is 13.3. The van der Waals surface area contributed by atoms with E-state index < -0.39 is 6.17 Å². The van der Waals surface area contributed by atoms with Crippen LogP contribution >= 0.6 is 12.2 Å². The van der Waals surface area contributed by atoms with Crippen molar-refractivity contribution in [1.29, 1.82) is 0 Å². The summed E-state index contributed by atoms with van der Waals surface area (Å²) in [5.41, 5.74) is 3.78. The van der Waals surface area contributed by atoms with Gasteiger partial charge < -0.3 is 20.3 Å². The van der Waals surface area contributed by atoms with Crippen LogP contribution in [0.25, 0.3) is 0 Å². The van der Waals surface area contributed by atoms with Gasteiger partial charge in [0.1, 0.15) is 5.75 Å². The van der Waals surface area contributed by atoms with Crippen molar-refractivity contribution in [3.05, 3.63) is 54.1 Å². The molecule has 6 nitrogen and oxygen atoms in total. The summed E-state index contributed by atoms with van der Waals surface area (Å²) in [4.78, 5) is 19.9. The fourth-order valence-corrected chi connectivity index (χ4v) is 4.67. The number of benzodiazepines with no additional fused rings is 1. The second kappa shape index (κ2) is 10.1. The van der Waals surface area contributed by atoms with Gasteiger partial charge in [-0.3, -0.25) is 9.79 Å². The highest BCUT2D eigenvalue weighted by atomic mass is 32.1. The highest BCUT2D eigenvalue weighted by molar-refractivity contribution is 7.80. The molecular weight excluding hydrogens is 420 g/mol. The number of carbonyl (C=O) groups is 1. The molecule has 0 saturated heterocycles. The van der Waals surface area contributed by atoms with Gasteiger partial charge in [-0.05, 0) is 62.3 Å². The number of hydrogen-bond acceptors (Lipinski definition) is 4. The van der Waals surface area contributed by atoms with Gasteiger partial charge in [-0.1, -0.05) is 37.5 Å². The van der Waals surface area contributed by atoms with Crippen LogP contribution < -0.4 is 20.3 Å². The minimum atomic E-state index is -0.771. The first-order valence-electron chi connectivity index (χ1n) is 11.3. The standard InChI is InChI=1S/C25H30N4O2S/c1-3-31-19-15-13-18(14-16-19)26-25(32)28-23-24(30)29(2)21-12-8-7-11-20(21)22(27-23)17-9-5-4-6-10-17/h7-8,11-17,23H,3-6,9-10H2,1-2H3,(H2,26,28,32). The third kappa shape index (κ3) is 4.93. The Morgan fingerprint density at radius 3 is 2.56 bits per heavy atom. The number of anilines is 2. The molecule has 1 fully saturated rings. The van der Waals surface area contributed by atoms with Gasteiger partial charge in [-0.15, -0.1) is 0 Å². The molecule has 0 spiro atoms. The molecule has 7 heteroatoms. The van der Waals surface area contributed by atoms with Crippen molar-refractivity contribution in [2.45, 2.75) is 45.2 Å². The Labute approximate surface area is 195 Å². The van der Waals surface area contributed by atoms with Gasteiger partial charge in [-0.2, -0.15) is 0 Å². The number of aliphatic imine (C=N–C) groups is 1. The Bertz CT molecular complexity index is 999. The van der Waals surface area contributed by atoms with E-state index >= 15 is 0 Å². The minimum absolute atomic E-state index is 0.126. The van der Waals surface area contributed by atoms with Gasteiger partial charge in [0.25, 0.3) is 5.91 Å². The Morgan fingerprint density at radius 2 is 1.84 bits per heavy atom. The number of nitrogens with one attached hydrogen (secondary N) is 2. The molecule has 0 aromatic heterocycles. The summed E-state index contributed by atoms with van der Waals surface area (Å²) in [6.45, 7) is 2.57. The molecule has 1 aliphatic heterocycles. The molecule has 1 atom stereocenters. The Balaban J connectivity index is 1.56. The minimum Gasteiger partial charge on any atom is -0.494 e. The molecule has 1 amide bonds. The van der Waals surface area contributed by atoms with Crippen LogP contribution in [0.1, 0.15) is 44.6 Å². The van der Waals surface area contributed by atoms with Crippen LogP contribution in [-0.4, -0.2) is 36.6 Å². The SMILES string of the molecule is CCOc1ccc(NC(=S)NC2N=C(C3CCCCC3)c3ccccc3N(C)C2=O)cc1. The Kier molecular flexibility index (Phi) is 7.05. The number of para-hydroxylation sites is 1. The van der Waals surface area contributed by atoms with Crippen molar-refractivity contribution >= 4 is 40.3 Å². The van der Waals surface area contributed by atoms with Crippen LogP contribution in [0.5, 0.6) is 5.75 Å². The van der Waals surface area contributed by atoms with Gasteiger partial charge in [0, 0.05) is 24.2 Å². The lowest BCUT2D eigenvalue weighted by molar-refractivity contribution is -0.119. The van der Waals surface area contributed by atoms with Crippen LogP contribution in [0, 0.1) is 5.92 Å². The zero-order valence-corrected chi connectivity index (χ0v) is 19.5. The molecule has 2 aromatic carbocycles. The Hall–Kier alpha value is -2.93. The number of benzene rings is 2. The lowest BCUT2D eigenvalue weighted by atomic mass is 9.83. The van der Waals surface area contributed by atoms with E-state index in [4.69, 9.17) is 21.9 Å². The van der Waals surface area contributed by atoms with Crippen LogP contribution in [-0.2, 0) is 4.79 Å². The summed E-state index contributed by atoms with van der Waals surface area (Å²) in [6.07, 6.45) is 5.10. The number of likely N-dealkylation sites (N-methyl/N-ethyl adjacent to an activating group) is 1. The zero-order chi connectivity index (χ0) is 22.5. The van der Waals surface area contributed by atoms with Crippen molar-refractivity contribution in [2.24, 2.45) is 10.9 Å². The summed E-state index contributed by atoms with van der Waals surface area (Å²) in [7, 11) is 1.80. The number of amides is 1. The molecule has 0 radical (unpaired) electrons. The number of ether oxygens (including phenoxy) is 1. The van der Waals surface area contributed by atoms with E-state index in [1.807, 2.05) is 49.4 Å². The number of carbonyl (C=O) groups excluding carboxylic acids is 1. The summed E-state index contributed by atoms with van der Waals surface area (Å²) in [6, 6.07) is 15.6. The second-order valence-electron chi connectivity index (χ2n) is 8.22. The molecule has 168 valence electrons. The number of hydrogen-bond donors (Lipinski definition) is 2. The van der Waals surface area contributed by atoms with Crippen LogP contribution in [0.15, 0.2) is 53.5 Å². The number of nitrogens with zero attached hydrogens (tertiary/aromatic N) is 2. The highest BCUT2D eigenvalue weighted by Crippen LogP contribution is 2.33.